The first-order valence-electron chi connectivity index (χ1n) is 7.33. The molecule has 0 fully saturated rings. The molecular formula is C16H17N3O5. The van der Waals surface area contributed by atoms with Crippen molar-refractivity contribution in [2.45, 2.75) is 32.9 Å². The van der Waals surface area contributed by atoms with E-state index in [-0.39, 0.29) is 23.9 Å². The van der Waals surface area contributed by atoms with Crippen molar-refractivity contribution in [3.8, 4) is 17.2 Å². The minimum Gasteiger partial charge on any atom is -0.506 e. The fourth-order valence-electron chi connectivity index (χ4n) is 2.23. The van der Waals surface area contributed by atoms with Gasteiger partial charge >= 0.3 is 11.7 Å². The van der Waals surface area contributed by atoms with Crippen LogP contribution in [0.3, 0.4) is 0 Å². The summed E-state index contributed by atoms with van der Waals surface area (Å²) in [7, 11) is 0. The zero-order valence-corrected chi connectivity index (χ0v) is 13.5. The van der Waals surface area contributed by atoms with Crippen molar-refractivity contribution in [1.29, 1.82) is 0 Å². The molecule has 0 spiro atoms. The van der Waals surface area contributed by atoms with Gasteiger partial charge in [-0.1, -0.05) is 6.07 Å². The van der Waals surface area contributed by atoms with Gasteiger partial charge in [-0.2, -0.15) is 4.98 Å². The van der Waals surface area contributed by atoms with E-state index >= 15 is 0 Å². The molecule has 2 aromatic rings. The molecule has 0 saturated heterocycles. The molecule has 3 rings (SSSR count). The van der Waals surface area contributed by atoms with Gasteiger partial charge in [0.1, 0.15) is 23.6 Å². The van der Waals surface area contributed by atoms with Crippen LogP contribution in [0, 0.1) is 0 Å². The van der Waals surface area contributed by atoms with Crippen molar-refractivity contribution < 1.29 is 19.4 Å². The molecule has 0 bridgehead atoms. The second-order valence-electron chi connectivity index (χ2n) is 6.33. The Balaban J connectivity index is 1.88. The van der Waals surface area contributed by atoms with Crippen LogP contribution in [0.5, 0.6) is 17.2 Å². The molecule has 0 aliphatic carbocycles. The maximum Gasteiger partial charge on any atom is 0.350 e. The molecule has 1 aromatic carbocycles. The van der Waals surface area contributed by atoms with Crippen molar-refractivity contribution >= 4 is 17.5 Å². The van der Waals surface area contributed by atoms with E-state index in [0.717, 1.165) is 4.57 Å². The molecule has 1 aliphatic rings. The predicted molar refractivity (Wildman–Crippen MR) is 85.8 cm³/mol. The topological polar surface area (TPSA) is 103 Å². The molecule has 2 heterocycles. The monoisotopic (exact) mass is 331 g/mol. The molecular weight excluding hydrogens is 314 g/mol. The van der Waals surface area contributed by atoms with Gasteiger partial charge in [0.25, 0.3) is 0 Å². The summed E-state index contributed by atoms with van der Waals surface area (Å²) in [5.74, 6) is 0.281. The third-order valence-electron chi connectivity index (χ3n) is 3.15. The van der Waals surface area contributed by atoms with E-state index in [0.29, 0.717) is 11.4 Å². The Hall–Kier alpha value is -3.03. The predicted octanol–water partition coefficient (Wildman–Crippen LogP) is 2.14. The van der Waals surface area contributed by atoms with Crippen LogP contribution in [-0.4, -0.2) is 26.2 Å². The number of nitrogens with one attached hydrogen (secondary N) is 1. The smallest absolute Gasteiger partial charge is 0.350 e. The number of carbonyl (C=O) groups is 1. The first-order valence-corrected chi connectivity index (χ1v) is 7.33. The standard InChI is InChI=1S/C16H17N3O5/c1-16(2,3)24-12(21)8-19-7-11-14(18-15(19)22)17-13-9(20)5-4-6-10(13)23-11/h4-7,20H,8H2,1-3H3,(H,17,18,22). The Labute approximate surface area is 137 Å². The number of aromatic nitrogens is 2. The lowest BCUT2D eigenvalue weighted by molar-refractivity contribution is -0.155. The molecule has 8 nitrogen and oxygen atoms in total. The van der Waals surface area contributed by atoms with E-state index in [4.69, 9.17) is 9.47 Å². The summed E-state index contributed by atoms with van der Waals surface area (Å²) < 4.78 is 11.9. The Morgan fingerprint density at radius 1 is 1.38 bits per heavy atom. The molecule has 1 aromatic heterocycles. The van der Waals surface area contributed by atoms with Gasteiger partial charge in [-0.3, -0.25) is 9.36 Å². The third kappa shape index (κ3) is 3.17. The number of phenols is 1. The number of rotatable bonds is 2. The average molecular weight is 331 g/mol. The van der Waals surface area contributed by atoms with Crippen molar-refractivity contribution in [1.82, 2.24) is 9.55 Å². The molecule has 0 atom stereocenters. The summed E-state index contributed by atoms with van der Waals surface area (Å²) in [4.78, 5) is 27.8. The normalized spacial score (nSPS) is 12.5. The van der Waals surface area contributed by atoms with Gasteiger partial charge in [-0.15, -0.1) is 0 Å². The van der Waals surface area contributed by atoms with Gasteiger partial charge < -0.3 is 19.9 Å². The highest BCUT2D eigenvalue weighted by Crippen LogP contribution is 2.44. The SMILES string of the molecule is CC(C)(C)OC(=O)Cn1cc2c(nc1=O)Nc1c(O)cccc1O2. The zero-order valence-electron chi connectivity index (χ0n) is 13.5. The number of carbonyl (C=O) groups excluding carboxylic acids is 1. The van der Waals surface area contributed by atoms with Crippen LogP contribution in [-0.2, 0) is 16.1 Å². The number of ether oxygens (including phenoxy) is 2. The number of benzene rings is 1. The minimum atomic E-state index is -0.642. The fraction of sp³-hybridized carbons (Fsp3) is 0.312. The summed E-state index contributed by atoms with van der Waals surface area (Å²) in [5.41, 5.74) is -0.937. The molecule has 0 radical (unpaired) electrons. The molecule has 0 unspecified atom stereocenters. The van der Waals surface area contributed by atoms with Crippen molar-refractivity contribution in [2.75, 3.05) is 5.32 Å². The lowest BCUT2D eigenvalue weighted by atomic mass is 10.2. The second kappa shape index (κ2) is 5.55. The van der Waals surface area contributed by atoms with E-state index in [1.807, 2.05) is 0 Å². The summed E-state index contributed by atoms with van der Waals surface area (Å²) in [5, 5.41) is 12.7. The summed E-state index contributed by atoms with van der Waals surface area (Å²) in [6.45, 7) is 4.96. The molecule has 0 saturated carbocycles. The van der Waals surface area contributed by atoms with Crippen LogP contribution in [0.1, 0.15) is 20.8 Å². The van der Waals surface area contributed by atoms with Gasteiger partial charge in [-0.25, -0.2) is 4.79 Å². The lowest BCUT2D eigenvalue weighted by Crippen LogP contribution is -2.32. The molecule has 0 amide bonds. The van der Waals surface area contributed by atoms with Crippen molar-refractivity contribution in [3.05, 3.63) is 34.9 Å². The fourth-order valence-corrected chi connectivity index (χ4v) is 2.23. The number of anilines is 2. The Morgan fingerprint density at radius 2 is 2.12 bits per heavy atom. The highest BCUT2D eigenvalue weighted by molar-refractivity contribution is 5.77. The van der Waals surface area contributed by atoms with Crippen molar-refractivity contribution in [3.63, 3.8) is 0 Å². The molecule has 2 N–H and O–H groups in total. The quantitative estimate of drug-likeness (QED) is 0.548. The van der Waals surface area contributed by atoms with Crippen LogP contribution >= 0.6 is 0 Å². The maximum absolute atomic E-state index is 12.1. The lowest BCUT2D eigenvalue weighted by Gasteiger charge is -2.22. The van der Waals surface area contributed by atoms with Gasteiger partial charge in [0.15, 0.2) is 17.3 Å². The van der Waals surface area contributed by atoms with Crippen LogP contribution in [0.4, 0.5) is 11.5 Å². The Kier molecular flexibility index (Phi) is 3.67. The third-order valence-corrected chi connectivity index (χ3v) is 3.15. The van der Waals surface area contributed by atoms with Crippen LogP contribution in [0.15, 0.2) is 29.2 Å². The number of aromatic hydroxyl groups is 1. The Morgan fingerprint density at radius 3 is 2.83 bits per heavy atom. The van der Waals surface area contributed by atoms with E-state index in [1.165, 1.54) is 12.3 Å². The summed E-state index contributed by atoms with van der Waals surface area (Å²) in [6.07, 6.45) is 1.38. The van der Waals surface area contributed by atoms with Crippen LogP contribution in [0.2, 0.25) is 0 Å². The minimum absolute atomic E-state index is 0.0158. The maximum atomic E-state index is 12.1. The average Bonchev–Trinajstić information content (AvgIpc) is 2.45. The first kappa shape index (κ1) is 15.9. The van der Waals surface area contributed by atoms with Crippen LogP contribution in [0.25, 0.3) is 0 Å². The number of para-hydroxylation sites is 1. The van der Waals surface area contributed by atoms with E-state index in [1.54, 1.807) is 32.9 Å². The van der Waals surface area contributed by atoms with Gasteiger partial charge in [0, 0.05) is 0 Å². The van der Waals surface area contributed by atoms with Gasteiger partial charge in [0.05, 0.1) is 6.20 Å². The molecule has 1 aliphatic heterocycles. The summed E-state index contributed by atoms with van der Waals surface area (Å²) >= 11 is 0. The number of hydrogen-bond acceptors (Lipinski definition) is 7. The number of hydrogen-bond donors (Lipinski definition) is 2. The first-order chi connectivity index (χ1) is 11.2. The second-order valence-corrected chi connectivity index (χ2v) is 6.33. The van der Waals surface area contributed by atoms with E-state index in [2.05, 4.69) is 10.3 Å². The number of nitrogens with zero attached hydrogens (tertiary/aromatic N) is 2. The molecule has 126 valence electrons. The molecule has 8 heteroatoms. The number of esters is 1. The Bertz CT molecular complexity index is 867. The van der Waals surface area contributed by atoms with Gasteiger partial charge in [-0.05, 0) is 32.9 Å². The van der Waals surface area contributed by atoms with E-state index < -0.39 is 17.3 Å². The van der Waals surface area contributed by atoms with E-state index in [9.17, 15) is 14.7 Å². The molecule has 24 heavy (non-hydrogen) atoms. The highest BCUT2D eigenvalue weighted by atomic mass is 16.6. The highest BCUT2D eigenvalue weighted by Gasteiger charge is 2.23. The zero-order chi connectivity index (χ0) is 17.5. The van der Waals surface area contributed by atoms with Crippen molar-refractivity contribution in [2.24, 2.45) is 0 Å². The largest absolute Gasteiger partial charge is 0.506 e. The van der Waals surface area contributed by atoms with Gasteiger partial charge in [0.2, 0.25) is 0 Å². The van der Waals surface area contributed by atoms with Crippen LogP contribution < -0.4 is 15.7 Å². The number of phenolic OH excluding ortho intramolecular Hbond substituents is 1. The number of fused-ring (bicyclic) bond motifs is 2. The summed E-state index contributed by atoms with van der Waals surface area (Å²) in [6, 6.07) is 4.78.